The number of benzene rings is 2. The van der Waals surface area contributed by atoms with Crippen LogP contribution < -0.4 is 5.32 Å². The van der Waals surface area contributed by atoms with E-state index in [1.54, 1.807) is 22.9 Å². The van der Waals surface area contributed by atoms with Crippen LogP contribution in [0.5, 0.6) is 0 Å². The fourth-order valence-electron chi connectivity index (χ4n) is 3.24. The van der Waals surface area contributed by atoms with Gasteiger partial charge in [0.1, 0.15) is 0 Å². The standard InChI is InChI=1S/C21H21N5O2S/c1-12(2)14-4-7-16(8-5-14)26-21(23-24-25-26)29-11-19(27)15-6-9-18-17(10-15)13(3)20(28)22-18/h4-10,12-13H,11H2,1-3H3,(H,22,28)/t13-/m1/s1. The molecule has 1 amide bonds. The number of hydrogen-bond donors (Lipinski definition) is 1. The number of carbonyl (C=O) groups is 2. The zero-order valence-corrected chi connectivity index (χ0v) is 17.2. The number of fused-ring (bicyclic) bond motifs is 1. The number of amides is 1. The normalized spacial score (nSPS) is 15.4. The van der Waals surface area contributed by atoms with Gasteiger partial charge in [0.2, 0.25) is 11.1 Å². The van der Waals surface area contributed by atoms with Crippen molar-refractivity contribution in [2.75, 3.05) is 11.1 Å². The van der Waals surface area contributed by atoms with Gasteiger partial charge in [0.05, 0.1) is 17.4 Å². The fourth-order valence-corrected chi connectivity index (χ4v) is 4.02. The van der Waals surface area contributed by atoms with Crippen molar-refractivity contribution in [1.82, 2.24) is 20.2 Å². The van der Waals surface area contributed by atoms with Crippen molar-refractivity contribution in [3.63, 3.8) is 0 Å². The molecule has 0 saturated heterocycles. The number of nitrogens with zero attached hydrogens (tertiary/aromatic N) is 4. The monoisotopic (exact) mass is 407 g/mol. The number of carbonyl (C=O) groups excluding carboxylic acids is 2. The van der Waals surface area contributed by atoms with Crippen molar-refractivity contribution >= 4 is 29.1 Å². The lowest BCUT2D eigenvalue weighted by molar-refractivity contribution is -0.116. The molecule has 29 heavy (non-hydrogen) atoms. The molecule has 1 aliphatic rings. The molecule has 148 valence electrons. The minimum absolute atomic E-state index is 0.0333. The van der Waals surface area contributed by atoms with Crippen LogP contribution in [-0.2, 0) is 4.79 Å². The van der Waals surface area contributed by atoms with Crippen molar-refractivity contribution in [2.45, 2.75) is 37.8 Å². The summed E-state index contributed by atoms with van der Waals surface area (Å²) < 4.78 is 1.63. The van der Waals surface area contributed by atoms with Crippen LogP contribution in [0.25, 0.3) is 5.69 Å². The number of rotatable bonds is 6. The van der Waals surface area contributed by atoms with Crippen molar-refractivity contribution in [2.24, 2.45) is 0 Å². The first kappa shape index (κ1) is 19.3. The molecule has 0 unspecified atom stereocenters. The molecular formula is C21H21N5O2S. The molecule has 2 heterocycles. The van der Waals surface area contributed by atoms with Crippen LogP contribution in [0.2, 0.25) is 0 Å². The van der Waals surface area contributed by atoms with Gasteiger partial charge in [-0.3, -0.25) is 9.59 Å². The fraction of sp³-hybridized carbons (Fsp3) is 0.286. The van der Waals surface area contributed by atoms with Crippen molar-refractivity contribution in [3.05, 3.63) is 59.2 Å². The van der Waals surface area contributed by atoms with Crippen molar-refractivity contribution < 1.29 is 9.59 Å². The topological polar surface area (TPSA) is 89.8 Å². The summed E-state index contributed by atoms with van der Waals surface area (Å²) in [6.45, 7) is 6.12. The van der Waals surface area contributed by atoms with Gasteiger partial charge in [0.25, 0.3) is 0 Å². The van der Waals surface area contributed by atoms with Crippen LogP contribution in [0.15, 0.2) is 47.6 Å². The molecule has 0 bridgehead atoms. The van der Waals surface area contributed by atoms with Crippen molar-refractivity contribution in [3.8, 4) is 5.69 Å². The second kappa shape index (κ2) is 7.79. The molecule has 4 rings (SSSR count). The van der Waals surface area contributed by atoms with Crippen LogP contribution in [0.4, 0.5) is 5.69 Å². The van der Waals surface area contributed by atoms with E-state index in [1.165, 1.54) is 17.3 Å². The van der Waals surface area contributed by atoms with E-state index in [0.717, 1.165) is 16.9 Å². The van der Waals surface area contributed by atoms with E-state index in [2.05, 4.69) is 46.8 Å². The number of anilines is 1. The Morgan fingerprint density at radius 3 is 2.69 bits per heavy atom. The third kappa shape index (κ3) is 3.80. The van der Waals surface area contributed by atoms with Crippen LogP contribution in [0, 0.1) is 0 Å². The minimum Gasteiger partial charge on any atom is -0.325 e. The average Bonchev–Trinajstić information content (AvgIpc) is 3.30. The summed E-state index contributed by atoms with van der Waals surface area (Å²) in [5.41, 5.74) is 4.32. The molecule has 1 aliphatic heterocycles. The second-order valence-electron chi connectivity index (χ2n) is 7.34. The summed E-state index contributed by atoms with van der Waals surface area (Å²) >= 11 is 1.29. The maximum absolute atomic E-state index is 12.7. The number of nitrogens with one attached hydrogen (secondary N) is 1. The summed E-state index contributed by atoms with van der Waals surface area (Å²) in [6.07, 6.45) is 0. The predicted octanol–water partition coefficient (Wildman–Crippen LogP) is 3.82. The van der Waals surface area contributed by atoms with E-state index < -0.39 is 0 Å². The molecular weight excluding hydrogens is 386 g/mol. The quantitative estimate of drug-likeness (QED) is 0.494. The molecule has 3 aromatic rings. The Hall–Kier alpha value is -3.00. The Bertz CT molecular complexity index is 1070. The zero-order valence-electron chi connectivity index (χ0n) is 16.4. The molecule has 1 N–H and O–H groups in total. The molecule has 0 aliphatic carbocycles. The first-order valence-electron chi connectivity index (χ1n) is 9.43. The van der Waals surface area contributed by atoms with E-state index in [0.29, 0.717) is 16.6 Å². The summed E-state index contributed by atoms with van der Waals surface area (Å²) in [7, 11) is 0. The number of thioether (sulfide) groups is 1. The summed E-state index contributed by atoms with van der Waals surface area (Å²) in [4.78, 5) is 24.5. The molecule has 0 fully saturated rings. The highest BCUT2D eigenvalue weighted by atomic mass is 32.2. The summed E-state index contributed by atoms with van der Waals surface area (Å²) in [5, 5.41) is 15.2. The highest BCUT2D eigenvalue weighted by Crippen LogP contribution is 2.33. The lowest BCUT2D eigenvalue weighted by Gasteiger charge is -2.08. The van der Waals surface area contributed by atoms with Gasteiger partial charge in [0.15, 0.2) is 5.78 Å². The molecule has 1 atom stereocenters. The van der Waals surface area contributed by atoms with E-state index in [-0.39, 0.29) is 23.4 Å². The maximum Gasteiger partial charge on any atom is 0.231 e. The van der Waals surface area contributed by atoms with E-state index in [4.69, 9.17) is 0 Å². The number of tetrazole rings is 1. The van der Waals surface area contributed by atoms with Gasteiger partial charge in [-0.15, -0.1) is 5.10 Å². The van der Waals surface area contributed by atoms with E-state index in [9.17, 15) is 9.59 Å². The number of aromatic nitrogens is 4. The van der Waals surface area contributed by atoms with Gasteiger partial charge >= 0.3 is 0 Å². The highest BCUT2D eigenvalue weighted by molar-refractivity contribution is 7.99. The zero-order chi connectivity index (χ0) is 20.5. The van der Waals surface area contributed by atoms with Gasteiger partial charge in [-0.05, 0) is 64.7 Å². The number of Topliss-reactive ketones (excluding diaryl/α,β-unsaturated/α-hetero) is 1. The molecule has 0 radical (unpaired) electrons. The SMILES string of the molecule is CC(C)c1ccc(-n2nnnc2SCC(=O)c2ccc3c(c2)[C@@H](C)C(=O)N3)cc1. The third-order valence-electron chi connectivity index (χ3n) is 5.07. The summed E-state index contributed by atoms with van der Waals surface area (Å²) in [5.74, 6) is 0.339. The Balaban J connectivity index is 1.47. The molecule has 0 saturated carbocycles. The molecule has 8 heteroatoms. The number of ketones is 1. The van der Waals surface area contributed by atoms with Gasteiger partial charge in [-0.1, -0.05) is 37.7 Å². The second-order valence-corrected chi connectivity index (χ2v) is 8.29. The highest BCUT2D eigenvalue weighted by Gasteiger charge is 2.27. The summed E-state index contributed by atoms with van der Waals surface area (Å²) in [6, 6.07) is 13.4. The van der Waals surface area contributed by atoms with Crippen molar-refractivity contribution in [1.29, 1.82) is 0 Å². The van der Waals surface area contributed by atoms with E-state index in [1.807, 2.05) is 19.1 Å². The average molecular weight is 407 g/mol. The maximum atomic E-state index is 12.7. The van der Waals surface area contributed by atoms with Gasteiger partial charge < -0.3 is 5.32 Å². The first-order valence-corrected chi connectivity index (χ1v) is 10.4. The Labute approximate surface area is 172 Å². The Kier molecular flexibility index (Phi) is 5.19. The molecule has 1 aromatic heterocycles. The number of hydrogen-bond acceptors (Lipinski definition) is 6. The smallest absolute Gasteiger partial charge is 0.231 e. The molecule has 2 aromatic carbocycles. The molecule has 0 spiro atoms. The lowest BCUT2D eigenvalue weighted by atomic mass is 9.99. The van der Waals surface area contributed by atoms with Gasteiger partial charge in [-0.25, -0.2) is 0 Å². The van der Waals surface area contributed by atoms with Crippen LogP contribution in [-0.4, -0.2) is 37.7 Å². The van der Waals surface area contributed by atoms with E-state index >= 15 is 0 Å². The predicted molar refractivity (Wildman–Crippen MR) is 112 cm³/mol. The van der Waals surface area contributed by atoms with Crippen LogP contribution >= 0.6 is 11.8 Å². The minimum atomic E-state index is -0.244. The Morgan fingerprint density at radius 2 is 1.97 bits per heavy atom. The lowest BCUT2D eigenvalue weighted by Crippen LogP contribution is -2.08. The van der Waals surface area contributed by atoms with Crippen LogP contribution in [0.1, 0.15) is 54.1 Å². The largest absolute Gasteiger partial charge is 0.325 e. The Morgan fingerprint density at radius 1 is 1.21 bits per heavy atom. The van der Waals surface area contributed by atoms with Gasteiger partial charge in [0, 0.05) is 11.3 Å². The van der Waals surface area contributed by atoms with Gasteiger partial charge in [-0.2, -0.15) is 4.68 Å². The van der Waals surface area contributed by atoms with Crippen LogP contribution in [0.3, 0.4) is 0 Å². The molecule has 7 nitrogen and oxygen atoms in total. The third-order valence-corrected chi connectivity index (χ3v) is 5.99. The first-order chi connectivity index (χ1) is 13.9.